The number of aryl methyl sites for hydroxylation is 1. The fourth-order valence-corrected chi connectivity index (χ4v) is 9.13. The molecule has 3 aromatic rings. The third kappa shape index (κ3) is 6.54. The Morgan fingerprint density at radius 1 is 1.04 bits per heavy atom. The van der Waals surface area contributed by atoms with E-state index in [-0.39, 0.29) is 11.8 Å². The van der Waals surface area contributed by atoms with Gasteiger partial charge in [-0.25, -0.2) is 14.8 Å². The Morgan fingerprint density at radius 2 is 1.84 bits per heavy atom. The number of hydrogen-bond donors (Lipinski definition) is 2. The van der Waals surface area contributed by atoms with E-state index in [1.54, 1.807) is 30.4 Å². The van der Waals surface area contributed by atoms with Gasteiger partial charge in [-0.3, -0.25) is 9.59 Å². The minimum Gasteiger partial charge on any atom is -0.496 e. The Balaban J connectivity index is 1.21. The first-order valence-corrected chi connectivity index (χ1v) is 18.6. The second-order valence-electron chi connectivity index (χ2n) is 14.4. The van der Waals surface area contributed by atoms with Gasteiger partial charge in [0.05, 0.1) is 40.9 Å². The first-order valence-electron chi connectivity index (χ1n) is 17.8. The third-order valence-corrected chi connectivity index (χ3v) is 12.2. The lowest BCUT2D eigenvalue weighted by molar-refractivity contribution is -0.145. The monoisotopic (exact) mass is 686 g/mol. The van der Waals surface area contributed by atoms with E-state index in [0.29, 0.717) is 43.2 Å². The first-order chi connectivity index (χ1) is 23.7. The second kappa shape index (κ2) is 13.7. The molecule has 1 unspecified atom stereocenters. The summed E-state index contributed by atoms with van der Waals surface area (Å²) in [7, 11) is 3.43. The van der Waals surface area contributed by atoms with Crippen molar-refractivity contribution >= 4 is 40.0 Å². The van der Waals surface area contributed by atoms with Crippen molar-refractivity contribution in [3.8, 4) is 22.9 Å². The van der Waals surface area contributed by atoms with Crippen LogP contribution >= 0.6 is 11.3 Å². The Labute approximate surface area is 291 Å². The second-order valence-corrected chi connectivity index (χ2v) is 15.3. The molecule has 3 aliphatic carbocycles. The smallest absolute Gasteiger partial charge is 0.330 e. The fourth-order valence-electron chi connectivity index (χ4n) is 8.14. The minimum atomic E-state index is -1.33. The van der Waals surface area contributed by atoms with E-state index < -0.39 is 35.4 Å². The number of ether oxygens (including phenoxy) is 2. The predicted octanol–water partition coefficient (Wildman–Crippen LogP) is 6.65. The van der Waals surface area contributed by atoms with Crippen LogP contribution in [-0.4, -0.2) is 70.1 Å². The number of methoxy groups -OCH3 is 1. The van der Waals surface area contributed by atoms with Gasteiger partial charge in [0.15, 0.2) is 0 Å². The lowest BCUT2D eigenvalue weighted by Gasteiger charge is -2.26. The number of thiazole rings is 1. The van der Waals surface area contributed by atoms with Crippen molar-refractivity contribution in [3.05, 3.63) is 46.3 Å². The summed E-state index contributed by atoms with van der Waals surface area (Å²) >= 11 is 1.69. The maximum absolute atomic E-state index is 13.9. The van der Waals surface area contributed by atoms with Crippen LogP contribution in [0, 0.1) is 24.7 Å². The normalized spacial score (nSPS) is 28.7. The number of aromatic nitrogens is 2. The molecule has 0 radical (unpaired) electrons. The summed E-state index contributed by atoms with van der Waals surface area (Å²) in [6.07, 6.45) is 13.1. The Morgan fingerprint density at radius 3 is 2.61 bits per heavy atom. The predicted molar refractivity (Wildman–Crippen MR) is 188 cm³/mol. The van der Waals surface area contributed by atoms with Crippen LogP contribution in [0.25, 0.3) is 22.3 Å². The molecular formula is C38H46N4O6S. The molecule has 1 aliphatic heterocycles. The van der Waals surface area contributed by atoms with E-state index in [2.05, 4.69) is 10.7 Å². The molecule has 2 aromatic heterocycles. The summed E-state index contributed by atoms with van der Waals surface area (Å²) in [6, 6.07) is 5.77. The minimum absolute atomic E-state index is 0.103. The molecular weight excluding hydrogens is 641 g/mol. The number of fused-ring (bicyclic) bond motifs is 3. The molecule has 3 heterocycles. The van der Waals surface area contributed by atoms with Crippen LogP contribution in [-0.2, 0) is 14.4 Å². The quantitative estimate of drug-likeness (QED) is 0.276. The van der Waals surface area contributed by atoms with Gasteiger partial charge in [0.2, 0.25) is 11.8 Å². The van der Waals surface area contributed by atoms with Crippen LogP contribution in [0.15, 0.2) is 35.7 Å². The molecule has 260 valence electrons. The van der Waals surface area contributed by atoms with E-state index in [0.717, 1.165) is 52.2 Å². The number of nitrogens with zero attached hydrogens (tertiary/aromatic N) is 3. The molecule has 11 heteroatoms. The molecule has 0 saturated heterocycles. The van der Waals surface area contributed by atoms with Crippen LogP contribution in [0.3, 0.4) is 0 Å². The van der Waals surface area contributed by atoms with Crippen LogP contribution in [0.2, 0.25) is 0 Å². The SMILES string of the molecule is COc1ccc2c(O[C@H]3CC4C(=O)N(C)CCCC/C=C\[C@@H]5C[C@@]5(C(=O)O)NC(=O)[C@@H]4C3)cc(-c3csc(C4CCCCC4)n3)nc2c1C. The van der Waals surface area contributed by atoms with Crippen LogP contribution in [0.1, 0.15) is 87.1 Å². The van der Waals surface area contributed by atoms with Crippen molar-refractivity contribution in [2.24, 2.45) is 17.8 Å². The largest absolute Gasteiger partial charge is 0.496 e. The van der Waals surface area contributed by atoms with Crippen LogP contribution < -0.4 is 14.8 Å². The van der Waals surface area contributed by atoms with Gasteiger partial charge in [-0.2, -0.15) is 0 Å². The number of carbonyl (C=O) groups is 3. The molecule has 2 amide bonds. The van der Waals surface area contributed by atoms with Crippen molar-refractivity contribution in [1.29, 1.82) is 0 Å². The van der Waals surface area contributed by atoms with E-state index in [9.17, 15) is 19.5 Å². The molecule has 3 fully saturated rings. The number of amides is 2. The van der Waals surface area contributed by atoms with Gasteiger partial charge in [-0.1, -0.05) is 31.4 Å². The van der Waals surface area contributed by atoms with E-state index >= 15 is 0 Å². The summed E-state index contributed by atoms with van der Waals surface area (Å²) in [5.41, 5.74) is 1.82. The van der Waals surface area contributed by atoms with Crippen LogP contribution in [0.5, 0.6) is 11.5 Å². The highest BCUT2D eigenvalue weighted by atomic mass is 32.1. The van der Waals surface area contributed by atoms with Crippen LogP contribution in [0.4, 0.5) is 0 Å². The summed E-state index contributed by atoms with van der Waals surface area (Å²) < 4.78 is 12.4. The fraction of sp³-hybridized carbons (Fsp3) is 0.553. The number of benzene rings is 1. The third-order valence-electron chi connectivity index (χ3n) is 11.2. The number of allylic oxidation sites excluding steroid dienone is 1. The van der Waals surface area contributed by atoms with Gasteiger partial charge in [0.1, 0.15) is 23.1 Å². The summed E-state index contributed by atoms with van der Waals surface area (Å²) in [5.74, 6) is -1.31. The highest BCUT2D eigenvalue weighted by Gasteiger charge is 2.61. The number of pyridine rings is 1. The highest BCUT2D eigenvalue weighted by molar-refractivity contribution is 7.10. The van der Waals surface area contributed by atoms with Crippen molar-refractivity contribution in [2.45, 2.75) is 95.1 Å². The molecule has 10 nitrogen and oxygen atoms in total. The zero-order valence-electron chi connectivity index (χ0n) is 28.6. The summed E-state index contributed by atoms with van der Waals surface area (Å²) in [4.78, 5) is 52.0. The van der Waals surface area contributed by atoms with E-state index in [1.807, 2.05) is 37.3 Å². The number of carboxylic acids is 1. The molecule has 1 aromatic carbocycles. The molecule has 4 aliphatic rings. The van der Waals surface area contributed by atoms with Crippen molar-refractivity contribution in [3.63, 3.8) is 0 Å². The van der Waals surface area contributed by atoms with E-state index in [1.165, 1.54) is 32.1 Å². The molecule has 7 rings (SSSR count). The Hall–Kier alpha value is -3.99. The first kappa shape index (κ1) is 33.5. The van der Waals surface area contributed by atoms with Gasteiger partial charge in [-0.15, -0.1) is 11.3 Å². The number of rotatable bonds is 6. The lowest BCUT2D eigenvalue weighted by atomic mass is 9.90. The summed E-state index contributed by atoms with van der Waals surface area (Å²) in [6.45, 7) is 2.58. The number of carbonyl (C=O) groups excluding carboxylic acids is 2. The van der Waals surface area contributed by atoms with Gasteiger partial charge in [0, 0.05) is 47.8 Å². The summed E-state index contributed by atoms with van der Waals surface area (Å²) in [5, 5.41) is 17.0. The average Bonchev–Trinajstić information content (AvgIpc) is 3.40. The standard InChI is InChI=1S/C38H46N4O6S/c1-22-31(47-3)15-14-26-32(19-29(39-33(22)26)30-21-49-35(40-30)23-11-7-6-8-12-23)48-25-17-27-28(18-25)36(44)42(2)16-10-5-4-9-13-24-20-38(24,37(45)46)41-34(27)43/h9,13-15,19,21,23-25,27-28H,4-8,10-12,16-18,20H2,1-3H3,(H,41,43)(H,45,46)/b13-9-/t24-,25-,27-,28?,38-/m1/s1. The molecule has 0 bridgehead atoms. The molecule has 0 spiro atoms. The van der Waals surface area contributed by atoms with Crippen molar-refractivity contribution in [2.75, 3.05) is 20.7 Å². The van der Waals surface area contributed by atoms with Crippen molar-refractivity contribution in [1.82, 2.24) is 20.2 Å². The molecule has 2 N–H and O–H groups in total. The Bertz CT molecular complexity index is 1780. The molecule has 5 atom stereocenters. The number of aliphatic carboxylic acids is 1. The zero-order valence-corrected chi connectivity index (χ0v) is 29.4. The highest BCUT2D eigenvalue weighted by Crippen LogP contribution is 2.47. The van der Waals surface area contributed by atoms with Crippen molar-refractivity contribution < 1.29 is 29.0 Å². The Kier molecular flexibility index (Phi) is 9.39. The maximum Gasteiger partial charge on any atom is 0.330 e. The van der Waals surface area contributed by atoms with Gasteiger partial charge in [0.25, 0.3) is 0 Å². The molecule has 3 saturated carbocycles. The number of hydrogen-bond acceptors (Lipinski definition) is 8. The lowest BCUT2D eigenvalue weighted by Crippen LogP contribution is -2.49. The number of nitrogens with one attached hydrogen (secondary N) is 1. The zero-order chi connectivity index (χ0) is 34.3. The number of carboxylic acid groups (broad SMARTS) is 1. The average molecular weight is 687 g/mol. The topological polar surface area (TPSA) is 131 Å². The van der Waals surface area contributed by atoms with Gasteiger partial charge in [-0.05, 0) is 70.4 Å². The molecule has 49 heavy (non-hydrogen) atoms. The van der Waals surface area contributed by atoms with Gasteiger partial charge < -0.3 is 24.8 Å². The van der Waals surface area contributed by atoms with E-state index in [4.69, 9.17) is 19.4 Å². The van der Waals surface area contributed by atoms with Gasteiger partial charge >= 0.3 is 5.97 Å². The maximum atomic E-state index is 13.9.